The van der Waals surface area contributed by atoms with Crippen molar-refractivity contribution >= 4 is 0 Å². The van der Waals surface area contributed by atoms with Gasteiger partial charge in [-0.25, -0.2) is 0 Å². The van der Waals surface area contributed by atoms with Crippen LogP contribution in [0.15, 0.2) is 0 Å². The quantitative estimate of drug-likeness (QED) is 0.629. The summed E-state index contributed by atoms with van der Waals surface area (Å²) >= 11 is 0. The molecule has 0 radical (unpaired) electrons. The highest BCUT2D eigenvalue weighted by atomic mass is 16.5. The van der Waals surface area contributed by atoms with Crippen LogP contribution in [0.1, 0.15) is 59.8 Å². The molecule has 2 nitrogen and oxygen atoms in total. The van der Waals surface area contributed by atoms with E-state index in [-0.39, 0.29) is 0 Å². The van der Waals surface area contributed by atoms with Gasteiger partial charge in [0.1, 0.15) is 0 Å². The maximum atomic E-state index is 5.65. The second kappa shape index (κ2) is 9.90. The van der Waals surface area contributed by atoms with Gasteiger partial charge in [-0.1, -0.05) is 53.4 Å². The van der Waals surface area contributed by atoms with Crippen molar-refractivity contribution in [1.29, 1.82) is 0 Å². The van der Waals surface area contributed by atoms with Crippen LogP contribution in [0.5, 0.6) is 0 Å². The van der Waals surface area contributed by atoms with Crippen LogP contribution < -0.4 is 5.32 Å². The molecule has 0 bridgehead atoms. The predicted molar refractivity (Wildman–Crippen MR) is 76.4 cm³/mol. The van der Waals surface area contributed by atoms with Gasteiger partial charge in [-0.3, -0.25) is 0 Å². The van der Waals surface area contributed by atoms with Gasteiger partial charge in [0.05, 0.1) is 6.10 Å². The average molecular weight is 243 g/mol. The Morgan fingerprint density at radius 1 is 1.18 bits per heavy atom. The summed E-state index contributed by atoms with van der Waals surface area (Å²) in [6, 6.07) is 0.488. The molecular formula is C15H33NO. The average Bonchev–Trinajstić information content (AvgIpc) is 2.32. The van der Waals surface area contributed by atoms with Gasteiger partial charge in [0.15, 0.2) is 0 Å². The van der Waals surface area contributed by atoms with Crippen LogP contribution in [0.3, 0.4) is 0 Å². The maximum absolute atomic E-state index is 5.65. The Kier molecular flexibility index (Phi) is 9.85. The number of methoxy groups -OCH3 is 1. The third-order valence-corrected chi connectivity index (χ3v) is 3.83. The van der Waals surface area contributed by atoms with Crippen LogP contribution in [0.4, 0.5) is 0 Å². The minimum absolute atomic E-state index is 0.329. The van der Waals surface area contributed by atoms with Crippen LogP contribution in [0.2, 0.25) is 0 Å². The molecule has 0 aliphatic heterocycles. The first-order valence-corrected chi connectivity index (χ1v) is 7.30. The molecule has 2 heteroatoms. The van der Waals surface area contributed by atoms with Gasteiger partial charge in [0.25, 0.3) is 0 Å². The molecule has 0 rings (SSSR count). The molecule has 0 aromatic carbocycles. The number of unbranched alkanes of at least 4 members (excludes halogenated alkanes) is 1. The lowest BCUT2D eigenvalue weighted by Crippen LogP contribution is -2.43. The van der Waals surface area contributed by atoms with Crippen LogP contribution in [-0.4, -0.2) is 26.3 Å². The fraction of sp³-hybridized carbons (Fsp3) is 1.00. The Morgan fingerprint density at radius 3 is 2.18 bits per heavy atom. The van der Waals surface area contributed by atoms with Crippen molar-refractivity contribution < 1.29 is 4.74 Å². The predicted octanol–water partition coefficient (Wildman–Crippen LogP) is 3.85. The molecule has 0 aliphatic carbocycles. The summed E-state index contributed by atoms with van der Waals surface area (Å²) in [6.07, 6.45) is 6.87. The summed E-state index contributed by atoms with van der Waals surface area (Å²) in [5.41, 5.74) is 0. The number of ether oxygens (including phenoxy) is 1. The van der Waals surface area contributed by atoms with Crippen molar-refractivity contribution in [2.24, 2.45) is 11.8 Å². The van der Waals surface area contributed by atoms with Crippen molar-refractivity contribution in [3.63, 3.8) is 0 Å². The fourth-order valence-corrected chi connectivity index (χ4v) is 2.66. The molecule has 1 N–H and O–H groups in total. The van der Waals surface area contributed by atoms with Crippen molar-refractivity contribution in [2.75, 3.05) is 14.2 Å². The Bertz CT molecular complexity index is 170. The fourth-order valence-electron chi connectivity index (χ4n) is 2.66. The summed E-state index contributed by atoms with van der Waals surface area (Å²) < 4.78 is 5.65. The van der Waals surface area contributed by atoms with Gasteiger partial charge in [0.2, 0.25) is 0 Å². The first-order chi connectivity index (χ1) is 8.10. The second-order valence-electron chi connectivity index (χ2n) is 5.49. The standard InChI is InChI=1S/C15H33NO/c1-7-9-10-13(8-2)11-14(16-5)15(17-6)12(3)4/h12-16H,7-11H2,1-6H3. The highest BCUT2D eigenvalue weighted by molar-refractivity contribution is 4.80. The minimum Gasteiger partial charge on any atom is -0.380 e. The SMILES string of the molecule is CCCCC(CC)CC(NC)C(OC)C(C)C. The molecule has 0 heterocycles. The molecule has 3 unspecified atom stereocenters. The van der Waals surface area contributed by atoms with E-state index in [1.54, 1.807) is 0 Å². The number of nitrogens with one attached hydrogen (secondary N) is 1. The van der Waals surface area contributed by atoms with Gasteiger partial charge >= 0.3 is 0 Å². The topological polar surface area (TPSA) is 21.3 Å². The number of hydrogen-bond acceptors (Lipinski definition) is 2. The lowest BCUT2D eigenvalue weighted by atomic mass is 9.87. The Labute approximate surface area is 109 Å². The molecule has 0 spiro atoms. The van der Waals surface area contributed by atoms with E-state index < -0.39 is 0 Å². The largest absolute Gasteiger partial charge is 0.380 e. The van der Waals surface area contributed by atoms with Crippen molar-refractivity contribution in [3.8, 4) is 0 Å². The molecule has 0 saturated carbocycles. The van der Waals surface area contributed by atoms with Gasteiger partial charge in [-0.05, 0) is 25.3 Å². The van der Waals surface area contributed by atoms with Crippen LogP contribution >= 0.6 is 0 Å². The van der Waals surface area contributed by atoms with E-state index >= 15 is 0 Å². The van der Waals surface area contributed by atoms with E-state index in [0.29, 0.717) is 18.1 Å². The van der Waals surface area contributed by atoms with E-state index in [9.17, 15) is 0 Å². The van der Waals surface area contributed by atoms with E-state index in [0.717, 1.165) is 5.92 Å². The number of hydrogen-bond donors (Lipinski definition) is 1. The zero-order chi connectivity index (χ0) is 13.3. The van der Waals surface area contributed by atoms with Gasteiger partial charge in [0, 0.05) is 13.2 Å². The zero-order valence-electron chi connectivity index (χ0n) is 12.8. The molecular weight excluding hydrogens is 210 g/mol. The number of likely N-dealkylation sites (N-methyl/N-ethyl adjacent to an activating group) is 1. The third-order valence-electron chi connectivity index (χ3n) is 3.83. The molecule has 0 amide bonds. The van der Waals surface area contributed by atoms with E-state index in [4.69, 9.17) is 4.74 Å². The van der Waals surface area contributed by atoms with Crippen molar-refractivity contribution in [1.82, 2.24) is 5.32 Å². The summed E-state index contributed by atoms with van der Waals surface area (Å²) in [5, 5.41) is 3.45. The molecule has 17 heavy (non-hydrogen) atoms. The molecule has 0 aliphatic rings. The van der Waals surface area contributed by atoms with Gasteiger partial charge in [-0.2, -0.15) is 0 Å². The molecule has 3 atom stereocenters. The highest BCUT2D eigenvalue weighted by Gasteiger charge is 2.25. The smallest absolute Gasteiger partial charge is 0.0747 e. The van der Waals surface area contributed by atoms with Crippen LogP contribution in [0.25, 0.3) is 0 Å². The van der Waals surface area contributed by atoms with Crippen molar-refractivity contribution in [3.05, 3.63) is 0 Å². The summed E-state index contributed by atoms with van der Waals surface area (Å²) in [7, 11) is 3.90. The lowest BCUT2D eigenvalue weighted by molar-refractivity contribution is 0.0274. The van der Waals surface area contributed by atoms with E-state index in [1.807, 2.05) is 7.11 Å². The molecule has 0 aromatic rings. The summed E-state index contributed by atoms with van der Waals surface area (Å²) in [5.74, 6) is 1.41. The van der Waals surface area contributed by atoms with Gasteiger partial charge in [-0.15, -0.1) is 0 Å². The maximum Gasteiger partial charge on any atom is 0.0747 e. The first-order valence-electron chi connectivity index (χ1n) is 7.30. The van der Waals surface area contributed by atoms with Crippen LogP contribution in [0, 0.1) is 11.8 Å². The van der Waals surface area contributed by atoms with Gasteiger partial charge < -0.3 is 10.1 Å². The first kappa shape index (κ1) is 16.9. The third kappa shape index (κ3) is 6.42. The van der Waals surface area contributed by atoms with Crippen LogP contribution in [-0.2, 0) is 4.74 Å². The second-order valence-corrected chi connectivity index (χ2v) is 5.49. The highest BCUT2D eigenvalue weighted by Crippen LogP contribution is 2.23. The molecule has 104 valence electrons. The normalized spacial score (nSPS) is 17.1. The lowest BCUT2D eigenvalue weighted by Gasteiger charge is -2.31. The number of rotatable bonds is 10. The molecule has 0 aromatic heterocycles. The summed E-state index contributed by atoms with van der Waals surface area (Å²) in [4.78, 5) is 0. The van der Waals surface area contributed by atoms with Crippen molar-refractivity contribution in [2.45, 2.75) is 71.9 Å². The Morgan fingerprint density at radius 2 is 1.82 bits per heavy atom. The minimum atomic E-state index is 0.329. The monoisotopic (exact) mass is 243 g/mol. The Balaban J connectivity index is 4.33. The summed E-state index contributed by atoms with van der Waals surface area (Å²) in [6.45, 7) is 9.07. The van der Waals surface area contributed by atoms with E-state index in [2.05, 4.69) is 40.1 Å². The molecule has 0 saturated heterocycles. The van der Waals surface area contributed by atoms with E-state index in [1.165, 1.54) is 32.1 Å². The Hall–Kier alpha value is -0.0800. The molecule has 0 fully saturated rings. The zero-order valence-corrected chi connectivity index (χ0v) is 12.8.